The molecule has 0 radical (unpaired) electrons. The molecule has 2 N–H and O–H groups in total. The van der Waals surface area contributed by atoms with E-state index in [0.29, 0.717) is 26.1 Å². The second-order valence-electron chi connectivity index (χ2n) is 5.89. The van der Waals surface area contributed by atoms with Gasteiger partial charge in [0.05, 0.1) is 17.4 Å². The summed E-state index contributed by atoms with van der Waals surface area (Å²) in [5.74, 6) is -0.586. The highest BCUT2D eigenvalue weighted by Gasteiger charge is 2.28. The van der Waals surface area contributed by atoms with Crippen molar-refractivity contribution in [3.8, 4) is 0 Å². The summed E-state index contributed by atoms with van der Waals surface area (Å²) in [4.78, 5) is 14.0. The summed E-state index contributed by atoms with van der Waals surface area (Å²) in [6, 6.07) is 4.75. The SMILES string of the molecule is COC(CN)CC(=O)N1CCCN(S(=O)(=O)c2ccc(F)cc2)CC1.Cl. The molecule has 1 fully saturated rings. The molecule has 1 atom stereocenters. The molecule has 1 aromatic rings. The molecule has 1 saturated heterocycles. The van der Waals surface area contributed by atoms with Gasteiger partial charge in [-0.15, -0.1) is 12.4 Å². The van der Waals surface area contributed by atoms with E-state index in [9.17, 15) is 17.6 Å². The zero-order valence-corrected chi connectivity index (χ0v) is 16.3. The number of nitrogens with zero attached hydrogens (tertiary/aromatic N) is 2. The van der Waals surface area contributed by atoms with Crippen LogP contribution < -0.4 is 5.73 Å². The number of carbonyl (C=O) groups is 1. The van der Waals surface area contributed by atoms with E-state index < -0.39 is 15.8 Å². The fourth-order valence-electron chi connectivity index (χ4n) is 2.73. The van der Waals surface area contributed by atoms with Crippen molar-refractivity contribution in [3.05, 3.63) is 30.1 Å². The first-order chi connectivity index (χ1) is 11.9. The van der Waals surface area contributed by atoms with E-state index >= 15 is 0 Å². The summed E-state index contributed by atoms with van der Waals surface area (Å²) in [6.07, 6.45) is 0.374. The highest BCUT2D eigenvalue weighted by atomic mass is 35.5. The highest BCUT2D eigenvalue weighted by Crippen LogP contribution is 2.18. The molecular formula is C16H25ClFN3O4S. The second-order valence-corrected chi connectivity index (χ2v) is 7.83. The topological polar surface area (TPSA) is 92.9 Å². The molecule has 1 aliphatic heterocycles. The molecule has 1 aliphatic rings. The van der Waals surface area contributed by atoms with Crippen LogP contribution in [0.25, 0.3) is 0 Å². The number of rotatable bonds is 6. The van der Waals surface area contributed by atoms with Gasteiger partial charge in [-0.25, -0.2) is 12.8 Å². The number of carbonyl (C=O) groups excluding carboxylic acids is 1. The summed E-state index contributed by atoms with van der Waals surface area (Å²) in [7, 11) is -2.20. The molecular weight excluding hydrogens is 385 g/mol. The van der Waals surface area contributed by atoms with Gasteiger partial charge in [0.1, 0.15) is 5.82 Å². The van der Waals surface area contributed by atoms with E-state index in [-0.39, 0.29) is 48.8 Å². The minimum atomic E-state index is -3.70. The van der Waals surface area contributed by atoms with Crippen LogP contribution in [0.4, 0.5) is 4.39 Å². The zero-order chi connectivity index (χ0) is 18.4. The molecule has 0 aromatic heterocycles. The molecule has 1 heterocycles. The Morgan fingerprint density at radius 1 is 1.23 bits per heavy atom. The Balaban J connectivity index is 0.00000338. The number of sulfonamides is 1. The predicted molar refractivity (Wildman–Crippen MR) is 98.1 cm³/mol. The summed E-state index contributed by atoms with van der Waals surface area (Å²) < 4.78 is 44.8. The average Bonchev–Trinajstić information content (AvgIpc) is 2.86. The molecule has 10 heteroatoms. The van der Waals surface area contributed by atoms with Crippen LogP contribution >= 0.6 is 12.4 Å². The molecule has 0 spiro atoms. The smallest absolute Gasteiger partial charge is 0.243 e. The van der Waals surface area contributed by atoms with E-state index in [1.54, 1.807) is 4.90 Å². The number of hydrogen-bond acceptors (Lipinski definition) is 5. The average molecular weight is 410 g/mol. The molecule has 1 unspecified atom stereocenters. The number of benzene rings is 1. The van der Waals surface area contributed by atoms with Gasteiger partial charge in [0.15, 0.2) is 0 Å². The Kier molecular flexibility index (Phi) is 8.91. The van der Waals surface area contributed by atoms with Gasteiger partial charge in [0.2, 0.25) is 15.9 Å². The van der Waals surface area contributed by atoms with Crippen molar-refractivity contribution in [2.24, 2.45) is 5.73 Å². The lowest BCUT2D eigenvalue weighted by Crippen LogP contribution is -2.39. The lowest BCUT2D eigenvalue weighted by atomic mass is 10.2. The first-order valence-electron chi connectivity index (χ1n) is 8.15. The van der Waals surface area contributed by atoms with E-state index in [1.165, 1.54) is 23.5 Å². The Hall–Kier alpha value is -1.26. The Labute approximate surface area is 159 Å². The summed E-state index contributed by atoms with van der Waals surface area (Å²) >= 11 is 0. The lowest BCUT2D eigenvalue weighted by molar-refractivity contribution is -0.133. The fourth-order valence-corrected chi connectivity index (χ4v) is 4.20. The lowest BCUT2D eigenvalue weighted by Gasteiger charge is -2.23. The Morgan fingerprint density at radius 3 is 2.46 bits per heavy atom. The number of nitrogens with two attached hydrogens (primary N) is 1. The number of methoxy groups -OCH3 is 1. The first-order valence-corrected chi connectivity index (χ1v) is 9.59. The van der Waals surface area contributed by atoms with Crippen molar-refractivity contribution < 1.29 is 22.3 Å². The zero-order valence-electron chi connectivity index (χ0n) is 14.6. The molecule has 0 bridgehead atoms. The van der Waals surface area contributed by atoms with Crippen LogP contribution in [0, 0.1) is 5.82 Å². The van der Waals surface area contributed by atoms with Gasteiger partial charge < -0.3 is 15.4 Å². The van der Waals surface area contributed by atoms with Crippen LogP contribution in [-0.4, -0.2) is 69.5 Å². The summed E-state index contributed by atoms with van der Waals surface area (Å²) in [5.41, 5.74) is 5.54. The van der Waals surface area contributed by atoms with Gasteiger partial charge in [0, 0.05) is 39.8 Å². The van der Waals surface area contributed by atoms with Gasteiger partial charge in [-0.1, -0.05) is 0 Å². The minimum Gasteiger partial charge on any atom is -0.380 e. The number of ether oxygens (including phenoxy) is 1. The maximum absolute atomic E-state index is 13.0. The maximum atomic E-state index is 13.0. The quantitative estimate of drug-likeness (QED) is 0.751. The van der Waals surface area contributed by atoms with Gasteiger partial charge in [0.25, 0.3) is 0 Å². The third-order valence-electron chi connectivity index (χ3n) is 4.26. The Morgan fingerprint density at radius 2 is 1.88 bits per heavy atom. The molecule has 2 rings (SSSR count). The standard InChI is InChI=1S/C16H24FN3O4S.ClH/c1-24-14(12-18)11-16(21)19-7-2-8-20(10-9-19)25(22,23)15-5-3-13(17)4-6-15;/h3-6,14H,2,7-12,18H2,1H3;1H. The van der Waals surface area contributed by atoms with Crippen LogP contribution in [0.5, 0.6) is 0 Å². The summed E-state index contributed by atoms with van der Waals surface area (Å²) in [5, 5.41) is 0. The monoisotopic (exact) mass is 409 g/mol. The fraction of sp³-hybridized carbons (Fsp3) is 0.562. The van der Waals surface area contributed by atoms with Crippen LogP contribution in [-0.2, 0) is 19.6 Å². The largest absolute Gasteiger partial charge is 0.380 e. The molecule has 0 saturated carbocycles. The molecule has 1 amide bonds. The van der Waals surface area contributed by atoms with E-state index in [1.807, 2.05) is 0 Å². The van der Waals surface area contributed by atoms with E-state index in [4.69, 9.17) is 10.5 Å². The van der Waals surface area contributed by atoms with Gasteiger partial charge in [-0.2, -0.15) is 4.31 Å². The minimum absolute atomic E-state index is 0. The molecule has 148 valence electrons. The van der Waals surface area contributed by atoms with E-state index in [2.05, 4.69) is 0 Å². The third-order valence-corrected chi connectivity index (χ3v) is 6.17. The third kappa shape index (κ3) is 5.62. The van der Waals surface area contributed by atoms with Crippen molar-refractivity contribution >= 4 is 28.3 Å². The molecule has 0 aliphatic carbocycles. The van der Waals surface area contributed by atoms with Crippen molar-refractivity contribution in [1.82, 2.24) is 9.21 Å². The normalized spacial score (nSPS) is 17.3. The molecule has 26 heavy (non-hydrogen) atoms. The van der Waals surface area contributed by atoms with Gasteiger partial charge >= 0.3 is 0 Å². The molecule has 7 nitrogen and oxygen atoms in total. The van der Waals surface area contributed by atoms with Crippen LogP contribution in [0.15, 0.2) is 29.2 Å². The highest BCUT2D eigenvalue weighted by molar-refractivity contribution is 7.89. The van der Waals surface area contributed by atoms with Gasteiger partial charge in [-0.05, 0) is 30.7 Å². The summed E-state index contributed by atoms with van der Waals surface area (Å²) in [6.45, 7) is 1.55. The number of amides is 1. The van der Waals surface area contributed by atoms with Crippen molar-refractivity contribution in [3.63, 3.8) is 0 Å². The second kappa shape index (κ2) is 10.2. The van der Waals surface area contributed by atoms with Crippen molar-refractivity contribution in [2.45, 2.75) is 23.8 Å². The predicted octanol–water partition coefficient (Wildman–Crippen LogP) is 0.834. The first kappa shape index (κ1) is 22.8. The maximum Gasteiger partial charge on any atom is 0.243 e. The van der Waals surface area contributed by atoms with Gasteiger partial charge in [-0.3, -0.25) is 4.79 Å². The number of hydrogen-bond donors (Lipinski definition) is 1. The van der Waals surface area contributed by atoms with Crippen LogP contribution in [0.3, 0.4) is 0 Å². The van der Waals surface area contributed by atoms with Crippen LogP contribution in [0.1, 0.15) is 12.8 Å². The number of halogens is 2. The van der Waals surface area contributed by atoms with Crippen molar-refractivity contribution in [1.29, 1.82) is 0 Å². The molecule has 1 aromatic carbocycles. The van der Waals surface area contributed by atoms with E-state index in [0.717, 1.165) is 12.1 Å². The van der Waals surface area contributed by atoms with Crippen LogP contribution in [0.2, 0.25) is 0 Å². The Bertz CT molecular complexity index is 683. The van der Waals surface area contributed by atoms with Crippen molar-refractivity contribution in [2.75, 3.05) is 39.8 Å².